The second-order valence-corrected chi connectivity index (χ2v) is 8.08. The van der Waals surface area contributed by atoms with E-state index < -0.39 is 0 Å². The number of fused-ring (bicyclic) bond motifs is 1. The molecular weight excluding hydrogens is 366 g/mol. The van der Waals surface area contributed by atoms with E-state index in [4.69, 9.17) is 4.98 Å². The van der Waals surface area contributed by atoms with E-state index in [9.17, 15) is 4.79 Å². The van der Waals surface area contributed by atoms with Crippen LogP contribution in [0, 0.1) is 6.92 Å². The van der Waals surface area contributed by atoms with Crippen LogP contribution < -0.4 is 5.32 Å². The molecule has 0 spiro atoms. The van der Waals surface area contributed by atoms with Gasteiger partial charge in [-0.05, 0) is 25.5 Å². The maximum Gasteiger partial charge on any atom is 0.220 e. The molecule has 1 amide bonds. The van der Waals surface area contributed by atoms with E-state index in [0.29, 0.717) is 6.42 Å². The van der Waals surface area contributed by atoms with Crippen molar-refractivity contribution < 1.29 is 4.79 Å². The molecule has 1 fully saturated rings. The number of H-pyrrole nitrogens is 1. The minimum absolute atomic E-state index is 0.0665. The zero-order chi connectivity index (χ0) is 17.7. The van der Waals surface area contributed by atoms with Crippen molar-refractivity contribution in [2.45, 2.75) is 25.8 Å². The molecule has 1 unspecified atom stereocenters. The first kappa shape index (κ1) is 15.7. The molecule has 1 aromatic carbocycles. The van der Waals surface area contributed by atoms with Crippen LogP contribution in [-0.4, -0.2) is 25.8 Å². The van der Waals surface area contributed by atoms with Gasteiger partial charge >= 0.3 is 0 Å². The number of nitrogens with one attached hydrogen (secondary N) is 2. The van der Waals surface area contributed by atoms with E-state index in [0.717, 1.165) is 50.1 Å². The third-order valence-electron chi connectivity index (χ3n) is 4.49. The van der Waals surface area contributed by atoms with Gasteiger partial charge in [-0.2, -0.15) is 0 Å². The molecule has 1 saturated heterocycles. The normalized spacial score (nSPS) is 17.1. The molecule has 0 aliphatic carbocycles. The molecule has 3 aromatic heterocycles. The van der Waals surface area contributed by atoms with Crippen molar-refractivity contribution in [3.63, 3.8) is 0 Å². The lowest BCUT2D eigenvalue weighted by atomic mass is 10.1. The number of carbonyl (C=O) groups is 1. The standard InChI is InChI=1S/C18H15N5OS2/c1-9-7-25-18(20-9)16-15(10-2-3-11-13(6-10)26-8-19-11)22-17(23-16)12-4-5-14(24)21-12/h2-3,6-8,12H,4-5H2,1H3,(H,21,24)(H,22,23). The zero-order valence-corrected chi connectivity index (χ0v) is 15.6. The number of aryl methyl sites for hydroxylation is 1. The Bertz CT molecular complexity index is 1130. The van der Waals surface area contributed by atoms with E-state index in [1.807, 2.05) is 29.9 Å². The van der Waals surface area contributed by atoms with Crippen LogP contribution in [0.3, 0.4) is 0 Å². The molecule has 6 nitrogen and oxygen atoms in total. The lowest BCUT2D eigenvalue weighted by Crippen LogP contribution is -2.19. The van der Waals surface area contributed by atoms with Crippen molar-refractivity contribution >= 4 is 38.8 Å². The number of aromatic nitrogens is 4. The van der Waals surface area contributed by atoms with Gasteiger partial charge in [0.25, 0.3) is 0 Å². The number of amides is 1. The number of benzene rings is 1. The first-order valence-corrected chi connectivity index (χ1v) is 10.1. The van der Waals surface area contributed by atoms with E-state index in [1.54, 1.807) is 22.7 Å². The van der Waals surface area contributed by atoms with Gasteiger partial charge in [-0.1, -0.05) is 6.07 Å². The molecule has 0 saturated carbocycles. The Balaban J connectivity index is 1.66. The molecule has 4 aromatic rings. The Labute approximate surface area is 157 Å². The van der Waals surface area contributed by atoms with Gasteiger partial charge in [0, 0.05) is 23.1 Å². The summed E-state index contributed by atoms with van der Waals surface area (Å²) in [6, 6.07) is 6.11. The Morgan fingerprint density at radius 1 is 1.23 bits per heavy atom. The summed E-state index contributed by atoms with van der Waals surface area (Å²) in [6.07, 6.45) is 1.30. The van der Waals surface area contributed by atoms with E-state index >= 15 is 0 Å². The molecule has 2 N–H and O–H groups in total. The van der Waals surface area contributed by atoms with Crippen molar-refractivity contribution in [3.8, 4) is 22.0 Å². The molecule has 26 heavy (non-hydrogen) atoms. The summed E-state index contributed by atoms with van der Waals surface area (Å²) in [6.45, 7) is 1.98. The van der Waals surface area contributed by atoms with Crippen LogP contribution in [-0.2, 0) is 4.79 Å². The molecule has 5 rings (SSSR count). The summed E-state index contributed by atoms with van der Waals surface area (Å²) in [5.41, 5.74) is 6.62. The molecule has 8 heteroatoms. The van der Waals surface area contributed by atoms with Gasteiger partial charge in [0.15, 0.2) is 0 Å². The number of rotatable bonds is 3. The molecule has 1 aliphatic heterocycles. The first-order valence-electron chi connectivity index (χ1n) is 8.33. The average Bonchev–Trinajstić information content (AvgIpc) is 3.39. The van der Waals surface area contributed by atoms with Gasteiger partial charge < -0.3 is 10.3 Å². The molecule has 130 valence electrons. The summed E-state index contributed by atoms with van der Waals surface area (Å²) in [5.74, 6) is 0.865. The fourth-order valence-corrected chi connectivity index (χ4v) is 4.72. The SMILES string of the molecule is Cc1csc(-c2[nH]c(C3CCC(=O)N3)nc2-c2ccc3ncsc3c2)n1. The molecule has 1 atom stereocenters. The Hall–Kier alpha value is -2.58. The summed E-state index contributed by atoms with van der Waals surface area (Å²) in [5, 5.41) is 5.93. The van der Waals surface area contributed by atoms with Crippen LogP contribution in [0.25, 0.3) is 32.2 Å². The number of imidazole rings is 1. The largest absolute Gasteiger partial charge is 0.346 e. The van der Waals surface area contributed by atoms with E-state index in [1.165, 1.54) is 0 Å². The van der Waals surface area contributed by atoms with Gasteiger partial charge in [0.05, 0.1) is 27.5 Å². The predicted octanol–water partition coefficient (Wildman–Crippen LogP) is 4.07. The van der Waals surface area contributed by atoms with Crippen LogP contribution >= 0.6 is 22.7 Å². The quantitative estimate of drug-likeness (QED) is 0.560. The monoisotopic (exact) mass is 381 g/mol. The maximum atomic E-state index is 11.6. The summed E-state index contributed by atoms with van der Waals surface area (Å²) >= 11 is 3.21. The molecule has 0 radical (unpaired) electrons. The van der Waals surface area contributed by atoms with Gasteiger partial charge in [-0.15, -0.1) is 22.7 Å². The minimum Gasteiger partial charge on any atom is -0.346 e. The number of hydrogen-bond donors (Lipinski definition) is 2. The van der Waals surface area contributed by atoms with Crippen LogP contribution in [0.4, 0.5) is 0 Å². The highest BCUT2D eigenvalue weighted by molar-refractivity contribution is 7.16. The summed E-state index contributed by atoms with van der Waals surface area (Å²) in [7, 11) is 0. The van der Waals surface area contributed by atoms with Crippen molar-refractivity contribution in [2.75, 3.05) is 0 Å². The van der Waals surface area contributed by atoms with Crippen LogP contribution in [0.1, 0.15) is 30.4 Å². The smallest absolute Gasteiger partial charge is 0.220 e. The van der Waals surface area contributed by atoms with Gasteiger partial charge in [-0.25, -0.2) is 15.0 Å². The summed E-state index contributed by atoms with van der Waals surface area (Å²) < 4.78 is 1.13. The fraction of sp³-hybridized carbons (Fsp3) is 0.222. The third kappa shape index (κ3) is 2.62. The van der Waals surface area contributed by atoms with Crippen molar-refractivity contribution in [2.24, 2.45) is 0 Å². The van der Waals surface area contributed by atoms with Crippen LogP contribution in [0.5, 0.6) is 0 Å². The lowest BCUT2D eigenvalue weighted by Gasteiger charge is -2.04. The lowest BCUT2D eigenvalue weighted by molar-refractivity contribution is -0.119. The number of nitrogens with zero attached hydrogens (tertiary/aromatic N) is 3. The van der Waals surface area contributed by atoms with Crippen molar-refractivity contribution in [1.82, 2.24) is 25.3 Å². The van der Waals surface area contributed by atoms with Crippen LogP contribution in [0.15, 0.2) is 29.1 Å². The highest BCUT2D eigenvalue weighted by Crippen LogP contribution is 2.36. The zero-order valence-electron chi connectivity index (χ0n) is 13.9. The van der Waals surface area contributed by atoms with Crippen molar-refractivity contribution in [3.05, 3.63) is 40.6 Å². The number of aromatic amines is 1. The molecular formula is C18H15N5OS2. The number of hydrogen-bond acceptors (Lipinski definition) is 6. The molecule has 0 bridgehead atoms. The minimum atomic E-state index is -0.0665. The number of carbonyl (C=O) groups excluding carboxylic acids is 1. The molecule has 1 aliphatic rings. The maximum absolute atomic E-state index is 11.6. The Morgan fingerprint density at radius 3 is 2.92 bits per heavy atom. The van der Waals surface area contributed by atoms with Gasteiger partial charge in [-0.3, -0.25) is 4.79 Å². The highest BCUT2D eigenvalue weighted by Gasteiger charge is 2.27. The Morgan fingerprint density at radius 2 is 2.15 bits per heavy atom. The highest BCUT2D eigenvalue weighted by atomic mass is 32.1. The third-order valence-corrected chi connectivity index (χ3v) is 6.25. The van der Waals surface area contributed by atoms with E-state index in [-0.39, 0.29) is 11.9 Å². The molecule has 4 heterocycles. The van der Waals surface area contributed by atoms with Gasteiger partial charge in [0.1, 0.15) is 16.5 Å². The van der Waals surface area contributed by atoms with Crippen LogP contribution in [0.2, 0.25) is 0 Å². The second-order valence-electron chi connectivity index (χ2n) is 6.33. The number of thiazole rings is 2. The second kappa shape index (κ2) is 6.00. The average molecular weight is 381 g/mol. The van der Waals surface area contributed by atoms with Crippen molar-refractivity contribution in [1.29, 1.82) is 0 Å². The fourth-order valence-electron chi connectivity index (χ4n) is 3.21. The Kier molecular flexibility index (Phi) is 3.61. The van der Waals surface area contributed by atoms with E-state index in [2.05, 4.69) is 26.3 Å². The topological polar surface area (TPSA) is 83.6 Å². The predicted molar refractivity (Wildman–Crippen MR) is 103 cm³/mol. The first-order chi connectivity index (χ1) is 12.7. The summed E-state index contributed by atoms with van der Waals surface area (Å²) in [4.78, 5) is 28.9. The van der Waals surface area contributed by atoms with Gasteiger partial charge in [0.2, 0.25) is 5.91 Å².